The highest BCUT2D eigenvalue weighted by atomic mass is 16.5. The normalized spacial score (nSPS) is 10.0. The molecular formula is C18H22N2O3. The smallest absolute Gasteiger partial charge is 0.226 e. The standard InChI is InChI=1S/C18H22N2O3/c1-13-4-6-14(7-5-13)20-18(21)10-11-19-15-8-9-16(22-2)17(12-15)23-3/h4-9,12,19H,10-11H2,1-3H3,(H,20,21). The van der Waals surface area contributed by atoms with E-state index in [0.29, 0.717) is 24.5 Å². The van der Waals surface area contributed by atoms with Crippen LogP contribution < -0.4 is 20.1 Å². The molecule has 0 aromatic heterocycles. The van der Waals surface area contributed by atoms with Crippen LogP contribution in [0.5, 0.6) is 11.5 Å². The molecule has 0 saturated carbocycles. The van der Waals surface area contributed by atoms with E-state index in [1.807, 2.05) is 49.4 Å². The Morgan fingerprint density at radius 1 is 0.957 bits per heavy atom. The molecule has 0 saturated heterocycles. The fourth-order valence-electron chi connectivity index (χ4n) is 2.13. The van der Waals surface area contributed by atoms with Crippen molar-refractivity contribution in [2.24, 2.45) is 0 Å². The molecule has 0 unspecified atom stereocenters. The van der Waals surface area contributed by atoms with Crippen LogP contribution in [0.4, 0.5) is 11.4 Å². The third kappa shape index (κ3) is 4.92. The van der Waals surface area contributed by atoms with Gasteiger partial charge in [-0.15, -0.1) is 0 Å². The number of carbonyl (C=O) groups is 1. The molecule has 0 spiro atoms. The number of methoxy groups -OCH3 is 2. The van der Waals surface area contributed by atoms with Crippen LogP contribution in [0.2, 0.25) is 0 Å². The van der Waals surface area contributed by atoms with Crippen LogP contribution in [0.15, 0.2) is 42.5 Å². The Bertz CT molecular complexity index is 654. The number of benzene rings is 2. The lowest BCUT2D eigenvalue weighted by atomic mass is 10.2. The minimum absolute atomic E-state index is 0.0261. The minimum atomic E-state index is -0.0261. The van der Waals surface area contributed by atoms with Crippen molar-refractivity contribution in [1.29, 1.82) is 0 Å². The highest BCUT2D eigenvalue weighted by molar-refractivity contribution is 5.91. The van der Waals surface area contributed by atoms with Gasteiger partial charge in [-0.05, 0) is 31.2 Å². The molecule has 0 aliphatic heterocycles. The first-order chi connectivity index (χ1) is 11.1. The number of hydrogen-bond acceptors (Lipinski definition) is 4. The van der Waals surface area contributed by atoms with Gasteiger partial charge in [0.05, 0.1) is 14.2 Å². The minimum Gasteiger partial charge on any atom is -0.493 e. The summed E-state index contributed by atoms with van der Waals surface area (Å²) in [4.78, 5) is 11.9. The van der Waals surface area contributed by atoms with E-state index in [1.54, 1.807) is 14.2 Å². The van der Waals surface area contributed by atoms with Gasteiger partial charge in [0.15, 0.2) is 11.5 Å². The number of ether oxygens (including phenoxy) is 2. The Morgan fingerprint density at radius 3 is 2.26 bits per heavy atom. The van der Waals surface area contributed by atoms with Gasteiger partial charge < -0.3 is 20.1 Å². The van der Waals surface area contributed by atoms with Crippen LogP contribution in [0, 0.1) is 6.92 Å². The first-order valence-corrected chi connectivity index (χ1v) is 7.45. The predicted molar refractivity (Wildman–Crippen MR) is 92.5 cm³/mol. The molecule has 2 rings (SSSR count). The molecule has 5 nitrogen and oxygen atoms in total. The number of carbonyl (C=O) groups excluding carboxylic acids is 1. The Hall–Kier alpha value is -2.69. The van der Waals surface area contributed by atoms with Gasteiger partial charge in [-0.1, -0.05) is 17.7 Å². The molecule has 2 N–H and O–H groups in total. The zero-order valence-electron chi connectivity index (χ0n) is 13.7. The second-order valence-corrected chi connectivity index (χ2v) is 5.16. The Kier molecular flexibility index (Phi) is 5.86. The highest BCUT2D eigenvalue weighted by Gasteiger charge is 2.05. The molecule has 0 atom stereocenters. The van der Waals surface area contributed by atoms with E-state index < -0.39 is 0 Å². The molecule has 0 heterocycles. The van der Waals surface area contributed by atoms with E-state index in [0.717, 1.165) is 16.9 Å². The number of amides is 1. The maximum atomic E-state index is 11.9. The van der Waals surface area contributed by atoms with Crippen LogP contribution in [-0.4, -0.2) is 26.7 Å². The van der Waals surface area contributed by atoms with Crippen molar-refractivity contribution in [3.8, 4) is 11.5 Å². The lowest BCUT2D eigenvalue weighted by Crippen LogP contribution is -2.16. The van der Waals surface area contributed by atoms with Crippen molar-refractivity contribution >= 4 is 17.3 Å². The Morgan fingerprint density at radius 2 is 1.61 bits per heavy atom. The summed E-state index contributed by atoms with van der Waals surface area (Å²) in [6.45, 7) is 2.55. The molecule has 0 aliphatic carbocycles. The van der Waals surface area contributed by atoms with E-state index in [2.05, 4.69) is 10.6 Å². The lowest BCUT2D eigenvalue weighted by Gasteiger charge is -2.11. The van der Waals surface area contributed by atoms with Crippen LogP contribution in [0.25, 0.3) is 0 Å². The van der Waals surface area contributed by atoms with E-state index in [9.17, 15) is 4.79 Å². The summed E-state index contributed by atoms with van der Waals surface area (Å²) in [5.41, 5.74) is 2.86. The summed E-state index contributed by atoms with van der Waals surface area (Å²) in [6.07, 6.45) is 0.377. The third-order valence-corrected chi connectivity index (χ3v) is 3.40. The molecule has 23 heavy (non-hydrogen) atoms. The largest absolute Gasteiger partial charge is 0.493 e. The van der Waals surface area contributed by atoms with E-state index in [1.165, 1.54) is 0 Å². The second-order valence-electron chi connectivity index (χ2n) is 5.16. The fraction of sp³-hybridized carbons (Fsp3) is 0.278. The fourth-order valence-corrected chi connectivity index (χ4v) is 2.13. The van der Waals surface area contributed by atoms with Gasteiger partial charge in [0, 0.05) is 30.4 Å². The van der Waals surface area contributed by atoms with Crippen molar-refractivity contribution in [2.75, 3.05) is 31.4 Å². The number of nitrogens with one attached hydrogen (secondary N) is 2. The van der Waals surface area contributed by atoms with Crippen LogP contribution in [-0.2, 0) is 4.79 Å². The van der Waals surface area contributed by atoms with Crippen LogP contribution in [0.3, 0.4) is 0 Å². The van der Waals surface area contributed by atoms with Crippen molar-refractivity contribution in [1.82, 2.24) is 0 Å². The molecule has 5 heteroatoms. The maximum absolute atomic E-state index is 11.9. The third-order valence-electron chi connectivity index (χ3n) is 3.40. The predicted octanol–water partition coefficient (Wildman–Crippen LogP) is 3.45. The summed E-state index contributed by atoms with van der Waals surface area (Å²) in [7, 11) is 3.19. The number of anilines is 2. The first kappa shape index (κ1) is 16.7. The van der Waals surface area contributed by atoms with Crippen LogP contribution in [0.1, 0.15) is 12.0 Å². The van der Waals surface area contributed by atoms with Crippen LogP contribution >= 0.6 is 0 Å². The molecule has 0 radical (unpaired) electrons. The van der Waals surface area contributed by atoms with Gasteiger partial charge in [0.25, 0.3) is 0 Å². The molecule has 0 fully saturated rings. The van der Waals surface area contributed by atoms with Crippen molar-refractivity contribution < 1.29 is 14.3 Å². The molecule has 122 valence electrons. The van der Waals surface area contributed by atoms with Gasteiger partial charge in [0.1, 0.15) is 0 Å². The summed E-state index contributed by atoms with van der Waals surface area (Å²) in [5.74, 6) is 1.30. The average molecular weight is 314 g/mol. The topological polar surface area (TPSA) is 59.6 Å². The molecule has 0 bridgehead atoms. The highest BCUT2D eigenvalue weighted by Crippen LogP contribution is 2.29. The Labute approximate surface area is 136 Å². The molecule has 1 amide bonds. The maximum Gasteiger partial charge on any atom is 0.226 e. The zero-order valence-corrected chi connectivity index (χ0v) is 13.7. The number of aryl methyl sites for hydroxylation is 1. The van der Waals surface area contributed by atoms with E-state index in [-0.39, 0.29) is 5.91 Å². The lowest BCUT2D eigenvalue weighted by molar-refractivity contribution is -0.115. The summed E-state index contributed by atoms with van der Waals surface area (Å²) in [6, 6.07) is 13.3. The molecule has 2 aromatic carbocycles. The van der Waals surface area contributed by atoms with Gasteiger partial charge in [-0.3, -0.25) is 4.79 Å². The molecular weight excluding hydrogens is 292 g/mol. The van der Waals surface area contributed by atoms with Crippen molar-refractivity contribution in [3.63, 3.8) is 0 Å². The SMILES string of the molecule is COc1ccc(NCCC(=O)Nc2ccc(C)cc2)cc1OC. The second kappa shape index (κ2) is 8.08. The summed E-state index contributed by atoms with van der Waals surface area (Å²) in [5, 5.41) is 6.07. The molecule has 0 aliphatic rings. The van der Waals surface area contributed by atoms with Crippen molar-refractivity contribution in [3.05, 3.63) is 48.0 Å². The van der Waals surface area contributed by atoms with Gasteiger partial charge in [-0.25, -0.2) is 0 Å². The van der Waals surface area contributed by atoms with E-state index >= 15 is 0 Å². The molecule has 2 aromatic rings. The first-order valence-electron chi connectivity index (χ1n) is 7.45. The van der Waals surface area contributed by atoms with Gasteiger partial charge in [-0.2, -0.15) is 0 Å². The zero-order chi connectivity index (χ0) is 16.7. The Balaban J connectivity index is 1.82. The number of rotatable bonds is 7. The summed E-state index contributed by atoms with van der Waals surface area (Å²) < 4.78 is 10.4. The quantitative estimate of drug-likeness (QED) is 0.822. The monoisotopic (exact) mass is 314 g/mol. The van der Waals surface area contributed by atoms with Gasteiger partial charge >= 0.3 is 0 Å². The number of hydrogen-bond donors (Lipinski definition) is 2. The van der Waals surface area contributed by atoms with Crippen molar-refractivity contribution in [2.45, 2.75) is 13.3 Å². The summed E-state index contributed by atoms with van der Waals surface area (Å²) >= 11 is 0. The average Bonchev–Trinajstić information content (AvgIpc) is 2.56. The van der Waals surface area contributed by atoms with Gasteiger partial charge in [0.2, 0.25) is 5.91 Å². The van der Waals surface area contributed by atoms with E-state index in [4.69, 9.17) is 9.47 Å².